The number of alkyl halides is 1. The maximum atomic E-state index is 7.38. The largest absolute Gasteiger partial charge is 0.109 e. The normalized spacial score (nSPS) is 18.1. The number of benzene rings is 3. The first-order valence-corrected chi connectivity index (χ1v) is 11.9. The standard InChI is InChI=1S/C30H31Cl/c1-3-9-23-14-16-25(17-15-23)27-18-19-28(26-12-6-5-7-13-26)29(21-27)30(31)20-8-11-24(22-30)10-4-2/h5-8,11-19,21-22H,3-4,9-10,20H2,1-2H3. The van der Waals surface area contributed by atoms with Gasteiger partial charge in [0.25, 0.3) is 0 Å². The highest BCUT2D eigenvalue weighted by molar-refractivity contribution is 6.26. The molecule has 1 heteroatoms. The maximum absolute atomic E-state index is 7.38. The summed E-state index contributed by atoms with van der Waals surface area (Å²) in [5.74, 6) is 0. The van der Waals surface area contributed by atoms with Gasteiger partial charge in [0.2, 0.25) is 0 Å². The molecular weight excluding hydrogens is 396 g/mol. The molecule has 0 saturated carbocycles. The van der Waals surface area contributed by atoms with Crippen molar-refractivity contribution in [3.63, 3.8) is 0 Å². The fraction of sp³-hybridized carbons (Fsp3) is 0.267. The molecule has 0 fully saturated rings. The first-order valence-electron chi connectivity index (χ1n) is 11.5. The van der Waals surface area contributed by atoms with E-state index >= 15 is 0 Å². The Balaban J connectivity index is 1.82. The van der Waals surface area contributed by atoms with Crippen LogP contribution in [0.2, 0.25) is 0 Å². The van der Waals surface area contributed by atoms with Crippen LogP contribution in [-0.4, -0.2) is 0 Å². The SMILES string of the molecule is CCCC1=CC(Cl)(c2cc(-c3ccc(CCC)cc3)ccc2-c2ccccc2)CC=C1. The van der Waals surface area contributed by atoms with Gasteiger partial charge in [-0.15, -0.1) is 11.6 Å². The van der Waals surface area contributed by atoms with Gasteiger partial charge in [0.1, 0.15) is 0 Å². The molecule has 0 radical (unpaired) electrons. The molecule has 31 heavy (non-hydrogen) atoms. The Bertz CT molecular complexity index is 1070. The summed E-state index contributed by atoms with van der Waals surface area (Å²) in [6.07, 6.45) is 12.0. The van der Waals surface area contributed by atoms with E-state index in [0.29, 0.717) is 0 Å². The van der Waals surface area contributed by atoms with E-state index in [-0.39, 0.29) is 0 Å². The molecule has 0 bridgehead atoms. The van der Waals surface area contributed by atoms with Gasteiger partial charge in [-0.3, -0.25) is 0 Å². The second kappa shape index (κ2) is 9.71. The third-order valence-electron chi connectivity index (χ3n) is 6.08. The Morgan fingerprint density at radius 2 is 1.48 bits per heavy atom. The summed E-state index contributed by atoms with van der Waals surface area (Å²) in [6.45, 7) is 4.44. The molecule has 0 N–H and O–H groups in total. The van der Waals surface area contributed by atoms with Crippen LogP contribution in [0.15, 0.2) is 96.6 Å². The van der Waals surface area contributed by atoms with Gasteiger partial charge in [-0.25, -0.2) is 0 Å². The summed E-state index contributed by atoms with van der Waals surface area (Å²) in [5, 5.41) is 0. The zero-order chi connectivity index (χ0) is 21.7. The summed E-state index contributed by atoms with van der Waals surface area (Å²) in [4.78, 5) is -0.525. The fourth-order valence-corrected chi connectivity index (χ4v) is 4.89. The molecule has 0 aliphatic heterocycles. The van der Waals surface area contributed by atoms with Crippen molar-refractivity contribution in [3.8, 4) is 22.3 Å². The lowest BCUT2D eigenvalue weighted by Crippen LogP contribution is -2.19. The second-order valence-electron chi connectivity index (χ2n) is 8.51. The van der Waals surface area contributed by atoms with E-state index < -0.39 is 4.87 Å². The lowest BCUT2D eigenvalue weighted by Gasteiger charge is -2.30. The van der Waals surface area contributed by atoms with E-state index in [0.717, 1.165) is 25.7 Å². The molecular formula is C30H31Cl. The number of hydrogen-bond acceptors (Lipinski definition) is 0. The molecule has 1 unspecified atom stereocenters. The Morgan fingerprint density at radius 1 is 0.774 bits per heavy atom. The predicted molar refractivity (Wildman–Crippen MR) is 136 cm³/mol. The van der Waals surface area contributed by atoms with E-state index in [2.05, 4.69) is 105 Å². The number of allylic oxidation sites excluding steroid dienone is 4. The van der Waals surface area contributed by atoms with Crippen LogP contribution in [0.4, 0.5) is 0 Å². The monoisotopic (exact) mass is 426 g/mol. The summed E-state index contributed by atoms with van der Waals surface area (Å²) < 4.78 is 0. The van der Waals surface area contributed by atoms with Crippen molar-refractivity contribution in [2.24, 2.45) is 0 Å². The summed E-state index contributed by atoms with van der Waals surface area (Å²) in [7, 11) is 0. The Hall–Kier alpha value is -2.57. The average molecular weight is 427 g/mol. The lowest BCUT2D eigenvalue weighted by molar-refractivity contribution is 0.744. The van der Waals surface area contributed by atoms with Crippen molar-refractivity contribution in [1.82, 2.24) is 0 Å². The van der Waals surface area contributed by atoms with Gasteiger partial charge in [-0.1, -0.05) is 117 Å². The molecule has 0 heterocycles. The van der Waals surface area contributed by atoms with Gasteiger partial charge in [-0.05, 0) is 58.7 Å². The minimum Gasteiger partial charge on any atom is -0.109 e. The molecule has 1 aliphatic carbocycles. The van der Waals surface area contributed by atoms with Gasteiger partial charge in [0, 0.05) is 0 Å². The van der Waals surface area contributed by atoms with Gasteiger partial charge in [-0.2, -0.15) is 0 Å². The zero-order valence-electron chi connectivity index (χ0n) is 18.6. The molecule has 3 aromatic rings. The fourth-order valence-electron chi connectivity index (χ4n) is 4.50. The molecule has 0 saturated heterocycles. The number of halogens is 1. The molecule has 158 valence electrons. The molecule has 1 aliphatic rings. The van der Waals surface area contributed by atoms with Gasteiger partial charge < -0.3 is 0 Å². The Morgan fingerprint density at radius 3 is 2.19 bits per heavy atom. The Labute approximate surface area is 192 Å². The van der Waals surface area contributed by atoms with Crippen LogP contribution in [0, 0.1) is 0 Å². The molecule has 0 spiro atoms. The summed E-state index contributed by atoms with van der Waals surface area (Å²) >= 11 is 7.38. The number of rotatable bonds is 7. The van der Waals surface area contributed by atoms with Crippen LogP contribution < -0.4 is 0 Å². The minimum atomic E-state index is -0.525. The summed E-state index contributed by atoms with van der Waals surface area (Å²) in [6, 6.07) is 26.4. The highest BCUT2D eigenvalue weighted by Crippen LogP contribution is 2.45. The Kier molecular flexibility index (Phi) is 6.78. The molecule has 4 rings (SSSR count). The third-order valence-corrected chi connectivity index (χ3v) is 6.54. The number of hydrogen-bond donors (Lipinski definition) is 0. The maximum Gasteiger partial charge on any atom is 0.0921 e. The van der Waals surface area contributed by atoms with E-state index in [1.807, 2.05) is 0 Å². The van der Waals surface area contributed by atoms with Crippen molar-refractivity contribution in [3.05, 3.63) is 108 Å². The lowest BCUT2D eigenvalue weighted by atomic mass is 9.82. The molecule has 0 amide bonds. The van der Waals surface area contributed by atoms with Gasteiger partial charge >= 0.3 is 0 Å². The van der Waals surface area contributed by atoms with Crippen molar-refractivity contribution in [2.45, 2.75) is 50.8 Å². The van der Waals surface area contributed by atoms with Crippen molar-refractivity contribution < 1.29 is 0 Å². The molecule has 0 aromatic heterocycles. The molecule has 3 aromatic carbocycles. The van der Waals surface area contributed by atoms with Crippen molar-refractivity contribution in [1.29, 1.82) is 0 Å². The van der Waals surface area contributed by atoms with Crippen LogP contribution in [0.5, 0.6) is 0 Å². The van der Waals surface area contributed by atoms with E-state index in [9.17, 15) is 0 Å². The van der Waals surface area contributed by atoms with Crippen LogP contribution >= 0.6 is 11.6 Å². The van der Waals surface area contributed by atoms with E-state index in [4.69, 9.17) is 11.6 Å². The quantitative estimate of drug-likeness (QED) is 0.330. The van der Waals surface area contributed by atoms with Gasteiger partial charge in [0.15, 0.2) is 0 Å². The smallest absolute Gasteiger partial charge is 0.0921 e. The third kappa shape index (κ3) is 4.86. The first-order chi connectivity index (χ1) is 15.1. The van der Waals surface area contributed by atoms with Crippen LogP contribution in [-0.2, 0) is 11.3 Å². The highest BCUT2D eigenvalue weighted by Gasteiger charge is 2.31. The topological polar surface area (TPSA) is 0 Å². The van der Waals surface area contributed by atoms with E-state index in [1.165, 1.54) is 45.4 Å². The minimum absolute atomic E-state index is 0.525. The first kappa shape index (κ1) is 21.7. The van der Waals surface area contributed by atoms with Gasteiger partial charge in [0.05, 0.1) is 4.87 Å². The molecule has 0 nitrogen and oxygen atoms in total. The van der Waals surface area contributed by atoms with Crippen LogP contribution in [0.25, 0.3) is 22.3 Å². The van der Waals surface area contributed by atoms with E-state index in [1.54, 1.807) is 0 Å². The van der Waals surface area contributed by atoms with Crippen molar-refractivity contribution >= 4 is 11.6 Å². The van der Waals surface area contributed by atoms with Crippen molar-refractivity contribution in [2.75, 3.05) is 0 Å². The molecule has 1 atom stereocenters. The van der Waals surface area contributed by atoms with Crippen LogP contribution in [0.3, 0.4) is 0 Å². The highest BCUT2D eigenvalue weighted by atomic mass is 35.5. The summed E-state index contributed by atoms with van der Waals surface area (Å²) in [5.41, 5.74) is 8.80. The van der Waals surface area contributed by atoms with Crippen LogP contribution in [0.1, 0.15) is 50.7 Å². The predicted octanol–water partition coefficient (Wildman–Crippen LogP) is 9.09. The second-order valence-corrected chi connectivity index (χ2v) is 9.19. The zero-order valence-corrected chi connectivity index (χ0v) is 19.3. The number of aryl methyl sites for hydroxylation is 1. The average Bonchev–Trinajstić information content (AvgIpc) is 2.80.